The third-order valence-corrected chi connectivity index (χ3v) is 23.8. The fourth-order valence-electron chi connectivity index (χ4n) is 14.2. The van der Waals surface area contributed by atoms with Gasteiger partial charge in [0.05, 0.1) is 56.3 Å². The first kappa shape index (κ1) is 94.6. The molecule has 1 fully saturated rings. The zero-order chi connectivity index (χ0) is 92.0. The van der Waals surface area contributed by atoms with Crippen molar-refractivity contribution in [3.8, 4) is 67.5 Å². The van der Waals surface area contributed by atoms with Crippen LogP contribution in [-0.2, 0) is 60.7 Å². The molecule has 15 aromatic rings. The number of halogens is 7. The van der Waals surface area contributed by atoms with Gasteiger partial charge in [0.15, 0.2) is 20.8 Å². The minimum atomic E-state index is -3.28. The summed E-state index contributed by atoms with van der Waals surface area (Å²) in [4.78, 5) is 75.8. The summed E-state index contributed by atoms with van der Waals surface area (Å²) in [6.07, 6.45) is 13.8. The van der Waals surface area contributed by atoms with Crippen LogP contribution in [0.1, 0.15) is 111 Å². The number of carbonyl (C=O) groups excluding carboxylic acids is 4. The van der Waals surface area contributed by atoms with Crippen LogP contribution in [0.2, 0.25) is 15.1 Å². The highest BCUT2D eigenvalue weighted by Crippen LogP contribution is 2.42. The molecule has 30 heteroatoms. The predicted octanol–water partition coefficient (Wildman–Crippen LogP) is 22.0. The largest absolute Gasteiger partial charge is 0.343 e. The number of aromatic amines is 1. The van der Waals surface area contributed by atoms with Crippen LogP contribution in [0.4, 0.5) is 29.3 Å². The van der Waals surface area contributed by atoms with Crippen molar-refractivity contribution < 1.29 is 53.9 Å². The number of nitrogens with zero attached hydrogens (tertiary/aromatic N) is 10. The lowest BCUT2D eigenvalue weighted by Gasteiger charge is -2.31. The maximum Gasteiger partial charge on any atom is 0.241 e. The number of ketones is 1. The number of nitrogens with one attached hydrogen (secondary N) is 3. The summed E-state index contributed by atoms with van der Waals surface area (Å²) in [5.74, 6) is -1.23. The number of pyridine rings is 1. The molecule has 21 nitrogen and oxygen atoms in total. The summed E-state index contributed by atoms with van der Waals surface area (Å²) in [7, 11) is -2.81. The van der Waals surface area contributed by atoms with E-state index in [9.17, 15) is 49.4 Å². The Labute approximate surface area is 761 Å². The van der Waals surface area contributed by atoms with Gasteiger partial charge >= 0.3 is 0 Å². The molecule has 1 atom stereocenters. The number of H-pyrrole nitrogens is 1. The second kappa shape index (κ2) is 44.2. The van der Waals surface area contributed by atoms with Gasteiger partial charge in [-0.3, -0.25) is 33.8 Å². The highest BCUT2D eigenvalue weighted by Gasteiger charge is 2.30. The van der Waals surface area contributed by atoms with Gasteiger partial charge in [-0.15, -0.1) is 0 Å². The fraction of sp³-hybridized carbons (Fsp3) is 0.172. The smallest absolute Gasteiger partial charge is 0.241 e. The van der Waals surface area contributed by atoms with E-state index in [-0.39, 0.29) is 53.1 Å². The quantitative estimate of drug-likeness (QED) is 0.0445. The minimum absolute atomic E-state index is 0.0213. The highest BCUT2D eigenvalue weighted by atomic mass is 35.5. The lowest BCUT2D eigenvalue weighted by Crippen LogP contribution is -2.37. The zero-order valence-corrected chi connectivity index (χ0v) is 75.2. The maximum absolute atomic E-state index is 14.1. The maximum atomic E-state index is 14.1. The number of piperidine rings is 1. The SMILES string of the molecule is CC(=O)Nc1cc(-c2c(-c3ccc(F)cc3)nc(S(C)=O)n2C)ccn1.CCC(=O)N1CCC(c2[nH]nc(-c3ccc(Cl)cc3)c2-c2ccncn2)CC1.Cc1cc(F)ccc1Cc1ccc(C(=O)c2ccccc2C)c(Cl)c1.Cc1ccc(/C=C/S(=O)(=O)Cc2ccc(Cl)cc2)cc1.Cc1cccc(F)c1CC(=O)Nc1onc(-c2ccc(F)cc2)c1-c1ccncn1. The van der Waals surface area contributed by atoms with E-state index in [0.29, 0.717) is 107 Å². The van der Waals surface area contributed by atoms with Gasteiger partial charge in [-0.1, -0.05) is 150 Å². The van der Waals surface area contributed by atoms with Gasteiger partial charge in [0.2, 0.25) is 23.6 Å². The monoisotopic (exact) mass is 1830 g/mol. The van der Waals surface area contributed by atoms with Crippen molar-refractivity contribution in [3.63, 3.8) is 0 Å². The van der Waals surface area contributed by atoms with Gasteiger partial charge in [0, 0.05) is 130 Å². The number of amides is 3. The molecular formula is C99H88Cl3F4N13O8S2. The van der Waals surface area contributed by atoms with E-state index in [1.807, 2.05) is 124 Å². The summed E-state index contributed by atoms with van der Waals surface area (Å²) in [5.41, 5.74) is 18.1. The number of likely N-dealkylation sites (tertiary alicyclic amines) is 1. The third kappa shape index (κ3) is 25.4. The van der Waals surface area contributed by atoms with Gasteiger partial charge in [-0.05, 0) is 219 Å². The molecular weight excluding hydrogens is 1750 g/mol. The van der Waals surface area contributed by atoms with Crippen LogP contribution >= 0.6 is 34.8 Å². The molecule has 1 unspecified atom stereocenters. The van der Waals surface area contributed by atoms with Gasteiger partial charge in [0.1, 0.15) is 53.1 Å². The van der Waals surface area contributed by atoms with Crippen LogP contribution in [0.15, 0.2) is 271 Å². The first-order valence-electron chi connectivity index (χ1n) is 40.7. The number of benzene rings is 9. The molecule has 7 heterocycles. The van der Waals surface area contributed by atoms with Crippen LogP contribution in [0.25, 0.3) is 73.6 Å². The Morgan fingerprint density at radius 3 is 1.80 bits per heavy atom. The normalized spacial score (nSPS) is 12.1. The van der Waals surface area contributed by atoms with E-state index in [1.54, 1.807) is 141 Å². The molecule has 1 saturated heterocycles. The summed E-state index contributed by atoms with van der Waals surface area (Å²) >= 11 is 18.2. The number of sulfone groups is 1. The zero-order valence-electron chi connectivity index (χ0n) is 71.3. The second-order valence-corrected chi connectivity index (χ2v) is 34.6. The second-order valence-electron chi connectivity index (χ2n) is 30.1. The predicted molar refractivity (Wildman–Crippen MR) is 498 cm³/mol. The highest BCUT2D eigenvalue weighted by molar-refractivity contribution is 7.93. The Kier molecular flexibility index (Phi) is 32.4. The number of hydrogen-bond donors (Lipinski definition) is 3. The fourth-order valence-corrected chi connectivity index (χ4v) is 16.6. The summed E-state index contributed by atoms with van der Waals surface area (Å²) in [6, 6.07) is 63.2. The molecule has 9 aromatic carbocycles. The van der Waals surface area contributed by atoms with Crippen molar-refractivity contribution in [2.75, 3.05) is 30.0 Å². The third-order valence-electron chi connectivity index (χ3n) is 20.9. The van der Waals surface area contributed by atoms with Gasteiger partial charge in [-0.25, -0.2) is 55.9 Å². The molecule has 0 bridgehead atoms. The average molecular weight is 1830 g/mol. The Balaban J connectivity index is 0.000000147. The first-order valence-corrected chi connectivity index (χ1v) is 45.1. The molecule has 6 aromatic heterocycles. The Bertz CT molecular complexity index is 6630. The number of anilines is 2. The summed E-state index contributed by atoms with van der Waals surface area (Å²) in [6.45, 7) is 12.4. The molecule has 0 saturated carbocycles. The molecule has 658 valence electrons. The molecule has 0 radical (unpaired) electrons. The number of rotatable bonds is 21. The molecule has 129 heavy (non-hydrogen) atoms. The number of carbonyl (C=O) groups is 4. The van der Waals surface area contributed by atoms with Gasteiger partial charge in [0.25, 0.3) is 0 Å². The number of imidazole rings is 1. The molecule has 1 aliphatic rings. The van der Waals surface area contributed by atoms with Gasteiger partial charge < -0.3 is 19.3 Å². The van der Waals surface area contributed by atoms with Crippen molar-refractivity contribution in [1.29, 1.82) is 0 Å². The van der Waals surface area contributed by atoms with E-state index >= 15 is 0 Å². The molecule has 0 aliphatic carbocycles. The number of aromatic nitrogens is 10. The van der Waals surface area contributed by atoms with Gasteiger partial charge in [-0.2, -0.15) is 5.10 Å². The van der Waals surface area contributed by atoms with Crippen molar-refractivity contribution in [2.24, 2.45) is 7.05 Å². The van der Waals surface area contributed by atoms with Crippen molar-refractivity contribution in [3.05, 3.63) is 366 Å². The Morgan fingerprint density at radius 1 is 0.605 bits per heavy atom. The van der Waals surface area contributed by atoms with Crippen LogP contribution < -0.4 is 10.6 Å². The van der Waals surface area contributed by atoms with Crippen LogP contribution in [0.5, 0.6) is 0 Å². The standard InChI is InChI=1S/C22H18ClFO.C22H16F2N4O2.C21H22ClN5O.C18H17FN4O2S.C16H15ClO2S/c1-14-5-3-4-6-19(14)22(25)20-10-7-16(13-21(20)23)12-17-8-9-18(24)11-15(17)2;1-13-3-2-4-17(24)16(13)11-19(29)27-22-20(18-9-10-25-12-26-18)21(28-30-22)14-5-7-15(23)8-6-14;1-2-18(28)27-11-8-15(9-12-27)21-19(17-7-10-23-13-24-17)20(25-26-21)14-3-5-16(22)6-4-14;1-11(24)21-15-10-13(8-9-20-15)17-16(12-4-6-14(19)7-5-12)22-18(23(17)2)26(3)25;1-13-2-4-14(5-3-13)10-11-20(18,19)12-15-6-8-16(17)9-7-15/h3-11,13H,12H2,1-2H3;2-10,12H,11H2,1H3,(H,27,29);3-7,10,13,15H,2,8-9,11-12H2,1H3,(H,25,26);4-10H,1-3H3,(H,20,21,24);2-11H,12H2,1H3/b;;;;11-10+. The summed E-state index contributed by atoms with van der Waals surface area (Å²) in [5, 5.41) is 20.6. The number of aryl methyl sites for hydroxylation is 4. The topological polar surface area (TPSA) is 284 Å². The van der Waals surface area contributed by atoms with E-state index in [4.69, 9.17) is 39.3 Å². The van der Waals surface area contributed by atoms with Crippen LogP contribution in [0, 0.1) is 51.0 Å². The molecule has 3 amide bonds. The van der Waals surface area contributed by atoms with E-state index in [0.717, 1.165) is 98.6 Å². The van der Waals surface area contributed by atoms with Crippen molar-refractivity contribution in [2.45, 2.75) is 90.5 Å². The summed E-state index contributed by atoms with van der Waals surface area (Å²) < 4.78 is 97.1. The molecule has 16 rings (SSSR count). The van der Waals surface area contributed by atoms with Crippen LogP contribution in [-0.4, -0.2) is 110 Å². The van der Waals surface area contributed by atoms with E-state index in [2.05, 4.69) is 55.9 Å². The lowest BCUT2D eigenvalue weighted by molar-refractivity contribution is -0.132. The Hall–Kier alpha value is -13.6. The van der Waals surface area contributed by atoms with Crippen LogP contribution in [0.3, 0.4) is 0 Å². The molecule has 3 N–H and O–H groups in total. The molecule has 0 spiro atoms. The van der Waals surface area contributed by atoms with Crippen molar-refractivity contribution >= 4 is 96.7 Å². The number of hydrogen-bond acceptors (Lipinski definition) is 16. The minimum Gasteiger partial charge on any atom is -0.343 e. The van der Waals surface area contributed by atoms with E-state index in [1.165, 1.54) is 67.3 Å². The lowest BCUT2D eigenvalue weighted by atomic mass is 9.88. The Morgan fingerprint density at radius 2 is 1.20 bits per heavy atom. The van der Waals surface area contributed by atoms with Crippen molar-refractivity contribution in [1.82, 2.24) is 54.7 Å². The average Bonchev–Trinajstić information content (AvgIpc) is 1.62. The first-order chi connectivity index (χ1) is 62.0. The van der Waals surface area contributed by atoms with E-state index < -0.39 is 32.4 Å². The molecule has 1 aliphatic heterocycles.